The molecule has 0 bridgehead atoms. The fourth-order valence-electron chi connectivity index (χ4n) is 6.11. The quantitative estimate of drug-likeness (QED) is 0.157. The summed E-state index contributed by atoms with van der Waals surface area (Å²) in [6.07, 6.45) is 0. The van der Waals surface area contributed by atoms with Gasteiger partial charge in [-0.2, -0.15) is 0 Å². The Bertz CT molecular complexity index is 1410. The van der Waals surface area contributed by atoms with E-state index in [4.69, 9.17) is 4.43 Å². The van der Waals surface area contributed by atoms with Crippen molar-refractivity contribution in [1.82, 2.24) is 0 Å². The van der Waals surface area contributed by atoms with E-state index in [1.54, 1.807) is 0 Å². The molecule has 0 saturated carbocycles. The van der Waals surface area contributed by atoms with E-state index in [2.05, 4.69) is 118 Å². The third-order valence-corrected chi connectivity index (χ3v) is 16.6. The molecule has 5 aromatic rings. The summed E-state index contributed by atoms with van der Waals surface area (Å²) in [6, 6.07) is 53.1. The van der Waals surface area contributed by atoms with Crippen LogP contribution in [0.5, 0.6) is 0 Å². The molecule has 0 N–H and O–H groups in total. The van der Waals surface area contributed by atoms with Gasteiger partial charge in [0.25, 0.3) is 16.6 Å². The van der Waals surface area contributed by atoms with Gasteiger partial charge in [0.15, 0.2) is 0 Å². The normalized spacial score (nSPS) is 13.1. The molecule has 0 aliphatic rings. The van der Waals surface area contributed by atoms with Crippen LogP contribution in [0.4, 0.5) is 0 Å². The van der Waals surface area contributed by atoms with Gasteiger partial charge in [0.2, 0.25) is 0 Å². The van der Waals surface area contributed by atoms with Gasteiger partial charge in [0, 0.05) is 0 Å². The Morgan fingerprint density at radius 3 is 1.24 bits per heavy atom. The first-order chi connectivity index (χ1) is 19.8. The highest BCUT2D eigenvalue weighted by Gasteiger charge is 2.56. The molecule has 0 aromatic heterocycles. The second-order valence-corrected chi connectivity index (χ2v) is 19.6. The predicted molar refractivity (Wildman–Crippen MR) is 175 cm³/mol. The monoisotopic (exact) mass is 571 g/mol. The molecule has 1 unspecified atom stereocenters. The van der Waals surface area contributed by atoms with E-state index in [0.29, 0.717) is 12.1 Å². The third kappa shape index (κ3) is 6.36. The standard InChI is InChI=1S/C37H39O2Si2/c1-37(2,3)41(34-25-15-7-16-26-34,35-27-17-8-18-28-35)39-36(33-23-13-6-14-24-33)40(38,29-31-19-9-4-10-20-31)30-32-21-11-5-12-22-32/h4-28,36H,29-30H2,1-3H3. The van der Waals surface area contributed by atoms with Crippen molar-refractivity contribution in [2.45, 2.75) is 43.6 Å². The first-order valence-electron chi connectivity index (χ1n) is 14.4. The largest absolute Gasteiger partial charge is 0.400 e. The van der Waals surface area contributed by atoms with Crippen LogP contribution in [0.3, 0.4) is 0 Å². The number of benzene rings is 5. The maximum Gasteiger partial charge on any atom is 0.277 e. The van der Waals surface area contributed by atoms with Crippen LogP contribution in [-0.2, 0) is 21.3 Å². The second-order valence-electron chi connectivity index (χ2n) is 12.0. The summed E-state index contributed by atoms with van der Waals surface area (Å²) < 4.78 is 7.76. The first-order valence-corrected chi connectivity index (χ1v) is 18.7. The van der Waals surface area contributed by atoms with Gasteiger partial charge in [-0.1, -0.05) is 172 Å². The van der Waals surface area contributed by atoms with Crippen molar-refractivity contribution in [3.05, 3.63) is 168 Å². The lowest BCUT2D eigenvalue weighted by Crippen LogP contribution is -2.68. The molecule has 1 radical (unpaired) electrons. The Hall–Kier alpha value is -3.55. The number of rotatable bonds is 10. The smallest absolute Gasteiger partial charge is 0.277 e. The summed E-state index contributed by atoms with van der Waals surface area (Å²) in [5.74, 6) is 0. The summed E-state index contributed by atoms with van der Waals surface area (Å²) >= 11 is 0. The van der Waals surface area contributed by atoms with Crippen LogP contribution in [0.25, 0.3) is 0 Å². The van der Waals surface area contributed by atoms with Gasteiger partial charge in [0.05, 0.1) is 5.73 Å². The molecule has 0 aliphatic heterocycles. The lowest BCUT2D eigenvalue weighted by Gasteiger charge is -2.47. The van der Waals surface area contributed by atoms with Gasteiger partial charge < -0.3 is 4.43 Å². The van der Waals surface area contributed by atoms with Crippen molar-refractivity contribution < 1.29 is 9.22 Å². The lowest BCUT2D eigenvalue weighted by atomic mass is 10.2. The van der Waals surface area contributed by atoms with Crippen LogP contribution in [0.15, 0.2) is 152 Å². The van der Waals surface area contributed by atoms with Gasteiger partial charge in [-0.15, -0.1) is 0 Å². The lowest BCUT2D eigenvalue weighted by molar-refractivity contribution is 0.214. The van der Waals surface area contributed by atoms with Crippen LogP contribution in [0, 0.1) is 0 Å². The van der Waals surface area contributed by atoms with E-state index in [0.717, 1.165) is 16.7 Å². The maximum absolute atomic E-state index is 15.8. The Labute approximate surface area is 247 Å². The van der Waals surface area contributed by atoms with Crippen molar-refractivity contribution in [3.8, 4) is 0 Å². The Kier molecular flexibility index (Phi) is 8.86. The zero-order chi connectivity index (χ0) is 28.8. The summed E-state index contributed by atoms with van der Waals surface area (Å²) in [4.78, 5) is 15.8. The number of hydrogen-bond donors (Lipinski definition) is 0. The molecule has 0 spiro atoms. The summed E-state index contributed by atoms with van der Waals surface area (Å²) in [6.45, 7) is 6.84. The van der Waals surface area contributed by atoms with E-state index in [1.807, 2.05) is 54.6 Å². The average molecular weight is 572 g/mol. The highest BCUT2D eigenvalue weighted by atomic mass is 28.4. The SMILES string of the molecule is CC(C)(C)[Si](OC(c1ccccc1)[Si]([O])(Cc1ccccc1)Cc1ccccc1)(c1ccccc1)c1ccccc1. The third-order valence-electron chi connectivity index (χ3n) is 7.98. The molecular weight excluding hydrogens is 533 g/mol. The molecule has 0 amide bonds. The summed E-state index contributed by atoms with van der Waals surface area (Å²) in [5.41, 5.74) is 2.58. The van der Waals surface area contributed by atoms with Gasteiger partial charge in [-0.25, -0.2) is 0 Å². The minimum atomic E-state index is -3.49. The van der Waals surface area contributed by atoms with Gasteiger partial charge >= 0.3 is 0 Å². The Morgan fingerprint density at radius 1 is 0.537 bits per heavy atom. The van der Waals surface area contributed by atoms with E-state index < -0.39 is 22.4 Å². The zero-order valence-corrected chi connectivity index (χ0v) is 26.2. The molecule has 0 saturated heterocycles. The van der Waals surface area contributed by atoms with E-state index in [9.17, 15) is 0 Å². The summed E-state index contributed by atoms with van der Waals surface area (Å²) in [5, 5.41) is 2.14. The predicted octanol–water partition coefficient (Wildman–Crippen LogP) is 7.78. The van der Waals surface area contributed by atoms with Crippen molar-refractivity contribution in [2.24, 2.45) is 0 Å². The molecule has 2 nitrogen and oxygen atoms in total. The summed E-state index contributed by atoms with van der Waals surface area (Å²) in [7, 11) is -6.50. The van der Waals surface area contributed by atoms with Crippen LogP contribution in [0.2, 0.25) is 5.04 Å². The zero-order valence-electron chi connectivity index (χ0n) is 24.2. The second kappa shape index (κ2) is 12.5. The van der Waals surface area contributed by atoms with Crippen LogP contribution < -0.4 is 10.4 Å². The van der Waals surface area contributed by atoms with Crippen LogP contribution in [0.1, 0.15) is 43.2 Å². The average Bonchev–Trinajstić information content (AvgIpc) is 2.99. The molecule has 5 rings (SSSR count). The van der Waals surface area contributed by atoms with Gasteiger partial charge in [0.1, 0.15) is 0 Å². The molecule has 41 heavy (non-hydrogen) atoms. The maximum atomic E-state index is 15.8. The minimum Gasteiger partial charge on any atom is -0.400 e. The first kappa shape index (κ1) is 29.0. The van der Waals surface area contributed by atoms with Crippen LogP contribution >= 0.6 is 0 Å². The Morgan fingerprint density at radius 2 is 0.878 bits per heavy atom. The molecule has 5 aromatic carbocycles. The topological polar surface area (TPSA) is 29.1 Å². The minimum absolute atomic E-state index is 0.239. The highest BCUT2D eigenvalue weighted by molar-refractivity contribution is 7.00. The molecule has 1 atom stereocenters. The fourth-order valence-corrected chi connectivity index (χ4v) is 15.1. The van der Waals surface area contributed by atoms with E-state index in [1.165, 1.54) is 10.4 Å². The highest BCUT2D eigenvalue weighted by Crippen LogP contribution is 2.43. The number of hydrogen-bond acceptors (Lipinski definition) is 1. The van der Waals surface area contributed by atoms with Crippen molar-refractivity contribution in [2.75, 3.05) is 0 Å². The molecule has 0 heterocycles. The van der Waals surface area contributed by atoms with Gasteiger partial charge in [-0.3, -0.25) is 4.80 Å². The molecule has 4 heteroatoms. The van der Waals surface area contributed by atoms with Gasteiger partial charge in [-0.05, 0) is 44.2 Å². The molecular formula is C37H39O2Si2. The van der Waals surface area contributed by atoms with E-state index >= 15 is 4.80 Å². The van der Waals surface area contributed by atoms with E-state index in [-0.39, 0.29) is 5.04 Å². The molecule has 207 valence electrons. The van der Waals surface area contributed by atoms with Crippen molar-refractivity contribution in [1.29, 1.82) is 0 Å². The molecule has 0 aliphatic carbocycles. The van der Waals surface area contributed by atoms with Crippen molar-refractivity contribution in [3.63, 3.8) is 0 Å². The fraction of sp³-hybridized carbons (Fsp3) is 0.189. The molecule has 0 fully saturated rings. The van der Waals surface area contributed by atoms with Crippen LogP contribution in [-0.4, -0.2) is 16.6 Å². The Balaban J connectivity index is 1.75. The van der Waals surface area contributed by atoms with Crippen molar-refractivity contribution >= 4 is 27.0 Å².